The Labute approximate surface area is 128 Å². The fraction of sp³-hybridized carbons (Fsp3) is 0.467. The molecule has 0 spiro atoms. The van der Waals surface area contributed by atoms with Gasteiger partial charge in [-0.05, 0) is 39.0 Å². The highest BCUT2D eigenvalue weighted by molar-refractivity contribution is 9.10. The Morgan fingerprint density at radius 1 is 1.35 bits per heavy atom. The second-order valence-corrected chi connectivity index (χ2v) is 5.57. The van der Waals surface area contributed by atoms with Crippen molar-refractivity contribution in [2.24, 2.45) is 0 Å². The van der Waals surface area contributed by atoms with Crippen molar-refractivity contribution in [3.8, 4) is 0 Å². The summed E-state index contributed by atoms with van der Waals surface area (Å²) in [5, 5.41) is 0. The highest BCUT2D eigenvalue weighted by Crippen LogP contribution is 2.15. The Morgan fingerprint density at radius 3 is 2.60 bits per heavy atom. The van der Waals surface area contributed by atoms with Crippen LogP contribution in [0.5, 0.6) is 0 Å². The summed E-state index contributed by atoms with van der Waals surface area (Å²) in [6.07, 6.45) is 0.214. The van der Waals surface area contributed by atoms with Gasteiger partial charge < -0.3 is 9.64 Å². The van der Waals surface area contributed by atoms with Crippen LogP contribution < -0.4 is 0 Å². The van der Waals surface area contributed by atoms with Crippen LogP contribution in [0.2, 0.25) is 0 Å². The number of carbonyl (C=O) groups excluding carboxylic acids is 2. The molecule has 0 heterocycles. The predicted octanol–water partition coefficient (Wildman–Crippen LogP) is 3.25. The lowest BCUT2D eigenvalue weighted by molar-refractivity contribution is -0.143. The van der Waals surface area contributed by atoms with Crippen molar-refractivity contribution in [2.45, 2.75) is 33.2 Å². The predicted molar refractivity (Wildman–Crippen MR) is 81.6 cm³/mol. The Morgan fingerprint density at radius 2 is 2.05 bits per heavy atom. The van der Waals surface area contributed by atoms with Crippen LogP contribution in [0, 0.1) is 0 Å². The molecule has 0 bridgehead atoms. The number of ether oxygens (including phenoxy) is 1. The van der Waals surface area contributed by atoms with Crippen molar-refractivity contribution < 1.29 is 14.3 Å². The molecule has 4 nitrogen and oxygen atoms in total. The lowest BCUT2D eigenvalue weighted by atomic mass is 10.1. The summed E-state index contributed by atoms with van der Waals surface area (Å²) in [6, 6.07) is 7.27. The van der Waals surface area contributed by atoms with Gasteiger partial charge in [-0.25, -0.2) is 0 Å². The van der Waals surface area contributed by atoms with E-state index in [9.17, 15) is 9.59 Å². The van der Waals surface area contributed by atoms with Crippen molar-refractivity contribution in [1.29, 1.82) is 0 Å². The second kappa shape index (κ2) is 8.04. The van der Waals surface area contributed by atoms with Crippen molar-refractivity contribution in [3.63, 3.8) is 0 Å². The highest BCUT2D eigenvalue weighted by Gasteiger charge is 2.20. The summed E-state index contributed by atoms with van der Waals surface area (Å²) >= 11 is 3.35. The van der Waals surface area contributed by atoms with Crippen LogP contribution in [0.1, 0.15) is 37.6 Å². The van der Waals surface area contributed by atoms with E-state index in [4.69, 9.17) is 4.74 Å². The molecule has 0 aliphatic carbocycles. The van der Waals surface area contributed by atoms with Gasteiger partial charge >= 0.3 is 5.97 Å². The number of amides is 1. The zero-order valence-corrected chi connectivity index (χ0v) is 13.6. The first kappa shape index (κ1) is 16.7. The first-order valence-electron chi connectivity index (χ1n) is 6.67. The first-order chi connectivity index (χ1) is 9.45. The zero-order chi connectivity index (χ0) is 15.1. The third-order valence-corrected chi connectivity index (χ3v) is 3.31. The molecular formula is C15H20BrNO3. The maximum absolute atomic E-state index is 12.5. The molecule has 1 aromatic rings. The molecule has 1 rings (SSSR count). The average molecular weight is 342 g/mol. The van der Waals surface area contributed by atoms with E-state index >= 15 is 0 Å². The maximum atomic E-state index is 12.5. The maximum Gasteiger partial charge on any atom is 0.307 e. The second-order valence-electron chi connectivity index (χ2n) is 4.66. The van der Waals surface area contributed by atoms with E-state index in [-0.39, 0.29) is 24.3 Å². The SMILES string of the molecule is CCOC(=O)CCN(C(=O)c1cccc(Br)c1)C(C)C. The molecule has 0 atom stereocenters. The van der Waals surface area contributed by atoms with E-state index < -0.39 is 0 Å². The van der Waals surface area contributed by atoms with Crippen molar-refractivity contribution >= 4 is 27.8 Å². The minimum atomic E-state index is -0.278. The lowest BCUT2D eigenvalue weighted by Crippen LogP contribution is -2.38. The number of nitrogens with zero attached hydrogens (tertiary/aromatic N) is 1. The van der Waals surface area contributed by atoms with E-state index in [2.05, 4.69) is 15.9 Å². The molecule has 5 heteroatoms. The lowest BCUT2D eigenvalue weighted by Gasteiger charge is -2.26. The van der Waals surface area contributed by atoms with E-state index in [1.807, 2.05) is 26.0 Å². The molecule has 0 aromatic heterocycles. The fourth-order valence-corrected chi connectivity index (χ4v) is 2.23. The highest BCUT2D eigenvalue weighted by atomic mass is 79.9. The van der Waals surface area contributed by atoms with Gasteiger partial charge in [-0.2, -0.15) is 0 Å². The van der Waals surface area contributed by atoms with Crippen LogP contribution in [-0.4, -0.2) is 36.0 Å². The summed E-state index contributed by atoms with van der Waals surface area (Å²) in [4.78, 5) is 25.6. The molecule has 0 fully saturated rings. The first-order valence-corrected chi connectivity index (χ1v) is 7.47. The molecule has 0 saturated carbocycles. The molecule has 20 heavy (non-hydrogen) atoms. The summed E-state index contributed by atoms with van der Waals surface area (Å²) in [5.74, 6) is -0.356. The van der Waals surface area contributed by atoms with Gasteiger partial charge in [0.25, 0.3) is 5.91 Å². The number of benzene rings is 1. The molecular weight excluding hydrogens is 322 g/mol. The van der Waals surface area contributed by atoms with Crippen molar-refractivity contribution in [2.75, 3.05) is 13.2 Å². The van der Waals surface area contributed by atoms with E-state index in [0.717, 1.165) is 4.47 Å². The monoisotopic (exact) mass is 341 g/mol. The molecule has 1 aromatic carbocycles. The van der Waals surface area contributed by atoms with Crippen molar-refractivity contribution in [3.05, 3.63) is 34.3 Å². The Balaban J connectivity index is 2.75. The van der Waals surface area contributed by atoms with Crippen LogP contribution in [0.4, 0.5) is 0 Å². The number of rotatable bonds is 6. The minimum Gasteiger partial charge on any atom is -0.466 e. The largest absolute Gasteiger partial charge is 0.466 e. The summed E-state index contributed by atoms with van der Waals surface area (Å²) in [7, 11) is 0. The third kappa shape index (κ3) is 4.96. The van der Waals surface area contributed by atoms with Crippen LogP contribution >= 0.6 is 15.9 Å². The zero-order valence-electron chi connectivity index (χ0n) is 12.1. The Hall–Kier alpha value is -1.36. The van der Waals surface area contributed by atoms with Gasteiger partial charge in [-0.1, -0.05) is 22.0 Å². The molecule has 0 radical (unpaired) electrons. The normalized spacial score (nSPS) is 10.4. The molecule has 0 saturated heterocycles. The average Bonchev–Trinajstić information content (AvgIpc) is 2.38. The van der Waals surface area contributed by atoms with E-state index in [0.29, 0.717) is 18.7 Å². The molecule has 0 aliphatic heterocycles. The summed E-state index contributed by atoms with van der Waals surface area (Å²) in [6.45, 7) is 6.36. The van der Waals surface area contributed by atoms with Gasteiger partial charge in [0.05, 0.1) is 13.0 Å². The van der Waals surface area contributed by atoms with Crippen LogP contribution in [0.25, 0.3) is 0 Å². The number of hydrogen-bond acceptors (Lipinski definition) is 3. The smallest absolute Gasteiger partial charge is 0.307 e. The standard InChI is InChI=1S/C15H20BrNO3/c1-4-20-14(18)8-9-17(11(2)3)15(19)12-6-5-7-13(16)10-12/h5-7,10-11H,4,8-9H2,1-3H3. The summed E-state index contributed by atoms with van der Waals surface area (Å²) < 4.78 is 5.75. The molecule has 0 aliphatic rings. The molecule has 1 amide bonds. The number of esters is 1. The Bertz CT molecular complexity index is 474. The number of halogens is 1. The van der Waals surface area contributed by atoms with Gasteiger partial charge in [0.2, 0.25) is 0 Å². The van der Waals surface area contributed by atoms with Gasteiger partial charge in [-0.15, -0.1) is 0 Å². The fourth-order valence-electron chi connectivity index (χ4n) is 1.83. The number of carbonyl (C=O) groups is 2. The minimum absolute atomic E-state index is 0.0240. The van der Waals surface area contributed by atoms with Gasteiger partial charge in [0.15, 0.2) is 0 Å². The van der Waals surface area contributed by atoms with E-state index in [1.165, 1.54) is 0 Å². The van der Waals surface area contributed by atoms with Gasteiger partial charge in [0, 0.05) is 22.6 Å². The molecule has 110 valence electrons. The number of hydrogen-bond donors (Lipinski definition) is 0. The third-order valence-electron chi connectivity index (χ3n) is 2.82. The summed E-state index contributed by atoms with van der Waals surface area (Å²) in [5.41, 5.74) is 0.608. The van der Waals surface area contributed by atoms with Crippen LogP contribution in [0.3, 0.4) is 0 Å². The van der Waals surface area contributed by atoms with Gasteiger partial charge in [-0.3, -0.25) is 9.59 Å². The van der Waals surface area contributed by atoms with Crippen LogP contribution in [-0.2, 0) is 9.53 Å². The van der Waals surface area contributed by atoms with Crippen LogP contribution in [0.15, 0.2) is 28.7 Å². The Kier molecular flexibility index (Phi) is 6.71. The van der Waals surface area contributed by atoms with Crippen molar-refractivity contribution in [1.82, 2.24) is 4.90 Å². The van der Waals surface area contributed by atoms with Gasteiger partial charge in [0.1, 0.15) is 0 Å². The molecule has 0 unspecified atom stereocenters. The molecule has 0 N–H and O–H groups in total. The van der Waals surface area contributed by atoms with E-state index in [1.54, 1.807) is 24.0 Å². The topological polar surface area (TPSA) is 46.6 Å². The quantitative estimate of drug-likeness (QED) is 0.746.